The monoisotopic (exact) mass is 443 g/mol. The molecule has 6 nitrogen and oxygen atoms in total. The number of amides is 1. The second kappa shape index (κ2) is 9.61. The van der Waals surface area contributed by atoms with Crippen molar-refractivity contribution in [3.05, 3.63) is 95.6 Å². The van der Waals surface area contributed by atoms with Gasteiger partial charge in [0, 0.05) is 17.3 Å². The second-order valence-electron chi connectivity index (χ2n) is 7.47. The average molecular weight is 443 g/mol. The number of carbonyl (C=O) groups is 2. The number of carbonyl (C=O) groups excluding carboxylic acids is 2. The van der Waals surface area contributed by atoms with Gasteiger partial charge in [-0.05, 0) is 43.7 Å². The molecule has 1 fully saturated rings. The van der Waals surface area contributed by atoms with Gasteiger partial charge in [0.15, 0.2) is 0 Å². The standard InChI is InChI=1S/C27H25NO5/c1-3-32-21-14-8-12-19(16-21)24-23(25(29)18-10-6-5-7-11-18)26(30)27(31)28(24)20-13-9-15-22(17-20)33-4-2/h5-17,24,29H,3-4H2,1-2H3/b25-23+. The number of hydrogen-bond donors (Lipinski definition) is 1. The molecule has 0 saturated carbocycles. The van der Waals surface area contributed by atoms with E-state index in [1.807, 2.05) is 32.0 Å². The first-order chi connectivity index (χ1) is 16.0. The van der Waals surface area contributed by atoms with Gasteiger partial charge in [-0.25, -0.2) is 0 Å². The van der Waals surface area contributed by atoms with E-state index in [9.17, 15) is 14.7 Å². The van der Waals surface area contributed by atoms with Gasteiger partial charge < -0.3 is 14.6 Å². The Morgan fingerprint density at radius 1 is 0.848 bits per heavy atom. The quantitative estimate of drug-likeness (QED) is 0.312. The molecule has 1 unspecified atom stereocenters. The van der Waals surface area contributed by atoms with E-state index in [0.29, 0.717) is 41.5 Å². The second-order valence-corrected chi connectivity index (χ2v) is 7.47. The minimum atomic E-state index is -0.831. The number of ketones is 1. The van der Waals surface area contributed by atoms with E-state index >= 15 is 0 Å². The van der Waals surface area contributed by atoms with Crippen LogP contribution in [0.3, 0.4) is 0 Å². The van der Waals surface area contributed by atoms with Gasteiger partial charge in [0.2, 0.25) is 0 Å². The number of anilines is 1. The van der Waals surface area contributed by atoms with Crippen molar-refractivity contribution in [2.24, 2.45) is 0 Å². The van der Waals surface area contributed by atoms with E-state index in [-0.39, 0.29) is 11.3 Å². The van der Waals surface area contributed by atoms with Crippen LogP contribution in [0.4, 0.5) is 5.69 Å². The summed E-state index contributed by atoms with van der Waals surface area (Å²) in [4.78, 5) is 27.9. The van der Waals surface area contributed by atoms with Gasteiger partial charge in [-0.1, -0.05) is 48.5 Å². The topological polar surface area (TPSA) is 76.1 Å². The first-order valence-corrected chi connectivity index (χ1v) is 10.9. The molecule has 33 heavy (non-hydrogen) atoms. The van der Waals surface area contributed by atoms with E-state index in [2.05, 4.69) is 0 Å². The van der Waals surface area contributed by atoms with Crippen molar-refractivity contribution < 1.29 is 24.2 Å². The van der Waals surface area contributed by atoms with Crippen molar-refractivity contribution in [1.29, 1.82) is 0 Å². The van der Waals surface area contributed by atoms with Crippen molar-refractivity contribution in [2.75, 3.05) is 18.1 Å². The first kappa shape index (κ1) is 22.1. The third-order valence-corrected chi connectivity index (χ3v) is 5.38. The maximum absolute atomic E-state index is 13.3. The molecule has 3 aromatic carbocycles. The van der Waals surface area contributed by atoms with Crippen LogP contribution in [0.15, 0.2) is 84.4 Å². The maximum Gasteiger partial charge on any atom is 0.300 e. The Bertz CT molecular complexity index is 1200. The molecule has 1 N–H and O–H groups in total. The maximum atomic E-state index is 13.3. The normalized spacial score (nSPS) is 17.3. The summed E-state index contributed by atoms with van der Waals surface area (Å²) in [6, 6.07) is 22.2. The molecule has 1 amide bonds. The molecule has 1 saturated heterocycles. The third-order valence-electron chi connectivity index (χ3n) is 5.38. The molecule has 1 aliphatic heterocycles. The van der Waals surface area contributed by atoms with Crippen molar-refractivity contribution in [3.63, 3.8) is 0 Å². The Hall–Kier alpha value is -4.06. The summed E-state index contributed by atoms with van der Waals surface area (Å²) in [5.41, 5.74) is 1.65. The molecule has 6 heteroatoms. The Kier molecular flexibility index (Phi) is 6.45. The van der Waals surface area contributed by atoms with Crippen LogP contribution in [-0.2, 0) is 9.59 Å². The number of aliphatic hydroxyl groups excluding tert-OH is 1. The molecule has 168 valence electrons. The van der Waals surface area contributed by atoms with Crippen molar-refractivity contribution >= 4 is 23.1 Å². The number of Topliss-reactive ketones (excluding diaryl/α,β-unsaturated/α-hetero) is 1. The summed E-state index contributed by atoms with van der Waals surface area (Å²) >= 11 is 0. The van der Waals surface area contributed by atoms with Crippen LogP contribution in [0.2, 0.25) is 0 Å². The van der Waals surface area contributed by atoms with Gasteiger partial charge >= 0.3 is 0 Å². The molecular weight excluding hydrogens is 418 g/mol. The lowest BCUT2D eigenvalue weighted by atomic mass is 9.95. The summed E-state index contributed by atoms with van der Waals surface area (Å²) in [6.07, 6.45) is 0. The highest BCUT2D eigenvalue weighted by molar-refractivity contribution is 6.51. The average Bonchev–Trinajstić information content (AvgIpc) is 3.10. The predicted molar refractivity (Wildman–Crippen MR) is 126 cm³/mol. The SMILES string of the molecule is CCOc1cccc(C2/C(=C(\O)c3ccccc3)C(=O)C(=O)N2c2cccc(OCC)c2)c1. The predicted octanol–water partition coefficient (Wildman–Crippen LogP) is 5.11. The summed E-state index contributed by atoms with van der Waals surface area (Å²) < 4.78 is 11.2. The summed E-state index contributed by atoms with van der Waals surface area (Å²) in [7, 11) is 0. The van der Waals surface area contributed by atoms with Crippen molar-refractivity contribution in [1.82, 2.24) is 0 Å². The van der Waals surface area contributed by atoms with E-state index < -0.39 is 17.7 Å². The molecule has 0 aromatic heterocycles. The van der Waals surface area contributed by atoms with Gasteiger partial charge in [-0.2, -0.15) is 0 Å². The van der Waals surface area contributed by atoms with Gasteiger partial charge in [-0.3, -0.25) is 14.5 Å². The van der Waals surface area contributed by atoms with E-state index in [1.54, 1.807) is 60.7 Å². The highest BCUT2D eigenvalue weighted by Gasteiger charge is 2.47. The molecule has 4 rings (SSSR count). The zero-order chi connectivity index (χ0) is 23.4. The van der Waals surface area contributed by atoms with Crippen LogP contribution < -0.4 is 14.4 Å². The van der Waals surface area contributed by atoms with E-state index in [0.717, 1.165) is 0 Å². The molecular formula is C27H25NO5. The minimum absolute atomic E-state index is 0.0293. The Morgan fingerprint density at radius 3 is 2.15 bits per heavy atom. The molecule has 1 atom stereocenters. The van der Waals surface area contributed by atoms with E-state index in [4.69, 9.17) is 9.47 Å². The molecule has 1 heterocycles. The largest absolute Gasteiger partial charge is 0.507 e. The number of benzene rings is 3. The number of aliphatic hydroxyl groups is 1. The highest BCUT2D eigenvalue weighted by atomic mass is 16.5. The number of rotatable bonds is 7. The van der Waals surface area contributed by atoms with Gasteiger partial charge in [0.05, 0.1) is 24.8 Å². The summed E-state index contributed by atoms with van der Waals surface area (Å²) in [5, 5.41) is 11.1. The van der Waals surface area contributed by atoms with Crippen LogP contribution in [0.25, 0.3) is 5.76 Å². The van der Waals surface area contributed by atoms with Gasteiger partial charge in [-0.15, -0.1) is 0 Å². The summed E-state index contributed by atoms with van der Waals surface area (Å²) in [6.45, 7) is 4.70. The zero-order valence-corrected chi connectivity index (χ0v) is 18.5. The first-order valence-electron chi connectivity index (χ1n) is 10.9. The fraction of sp³-hybridized carbons (Fsp3) is 0.185. The van der Waals surface area contributed by atoms with Gasteiger partial charge in [0.25, 0.3) is 11.7 Å². The molecule has 0 radical (unpaired) electrons. The van der Waals surface area contributed by atoms with E-state index in [1.165, 1.54) is 4.90 Å². The fourth-order valence-electron chi connectivity index (χ4n) is 4.00. The molecule has 1 aliphatic rings. The Morgan fingerprint density at radius 2 is 1.48 bits per heavy atom. The van der Waals surface area contributed by atoms with Crippen LogP contribution in [0.5, 0.6) is 11.5 Å². The smallest absolute Gasteiger partial charge is 0.300 e. The molecule has 0 bridgehead atoms. The van der Waals surface area contributed by atoms with Crippen molar-refractivity contribution in [2.45, 2.75) is 19.9 Å². The lowest BCUT2D eigenvalue weighted by molar-refractivity contribution is -0.132. The lowest BCUT2D eigenvalue weighted by Crippen LogP contribution is -2.29. The van der Waals surface area contributed by atoms with Crippen LogP contribution in [0.1, 0.15) is 31.0 Å². The molecule has 0 spiro atoms. The highest BCUT2D eigenvalue weighted by Crippen LogP contribution is 2.43. The number of ether oxygens (including phenoxy) is 2. The van der Waals surface area contributed by atoms with Gasteiger partial charge in [0.1, 0.15) is 17.3 Å². The molecule has 3 aromatic rings. The fourth-order valence-corrected chi connectivity index (χ4v) is 4.00. The number of nitrogens with zero attached hydrogens (tertiary/aromatic N) is 1. The van der Waals surface area contributed by atoms with Crippen LogP contribution >= 0.6 is 0 Å². The zero-order valence-electron chi connectivity index (χ0n) is 18.5. The van der Waals surface area contributed by atoms with Crippen LogP contribution in [-0.4, -0.2) is 30.0 Å². The minimum Gasteiger partial charge on any atom is -0.507 e. The Labute approximate surface area is 192 Å². The Balaban J connectivity index is 1.92. The summed E-state index contributed by atoms with van der Waals surface area (Å²) in [5.74, 6) is -0.479. The number of hydrogen-bond acceptors (Lipinski definition) is 5. The van der Waals surface area contributed by atoms with Crippen LogP contribution in [0, 0.1) is 0 Å². The third kappa shape index (κ3) is 4.32. The van der Waals surface area contributed by atoms with Crippen molar-refractivity contribution in [3.8, 4) is 11.5 Å². The molecule has 0 aliphatic carbocycles. The lowest BCUT2D eigenvalue weighted by Gasteiger charge is -2.26.